The average Bonchev–Trinajstić information content (AvgIpc) is 2.77. The van der Waals surface area contributed by atoms with Crippen LogP contribution in [0.5, 0.6) is 5.75 Å². The molecule has 7 nitrogen and oxygen atoms in total. The molecule has 0 saturated heterocycles. The number of hydrogen-bond donors (Lipinski definition) is 3. The first-order valence-corrected chi connectivity index (χ1v) is 10.1. The van der Waals surface area contributed by atoms with Crippen molar-refractivity contribution in [2.75, 3.05) is 6.54 Å². The van der Waals surface area contributed by atoms with E-state index in [1.807, 2.05) is 30.3 Å². The summed E-state index contributed by atoms with van der Waals surface area (Å²) in [6.07, 6.45) is 3.30. The van der Waals surface area contributed by atoms with Crippen molar-refractivity contribution in [1.29, 1.82) is 5.41 Å². The molecule has 3 rings (SSSR count). The zero-order valence-electron chi connectivity index (χ0n) is 17.2. The van der Waals surface area contributed by atoms with Crippen molar-refractivity contribution in [3.05, 3.63) is 65.7 Å². The first kappa shape index (κ1) is 24.2. The van der Waals surface area contributed by atoms with Crippen molar-refractivity contribution in [2.24, 2.45) is 17.6 Å². The van der Waals surface area contributed by atoms with Gasteiger partial charge in [0.2, 0.25) is 0 Å². The molecule has 1 saturated carbocycles. The van der Waals surface area contributed by atoms with Crippen molar-refractivity contribution in [2.45, 2.75) is 32.3 Å². The second kappa shape index (κ2) is 12.0. The second-order valence-corrected chi connectivity index (χ2v) is 7.52. The minimum atomic E-state index is -0.422. The average molecular weight is 446 g/mol. The number of guanidine groups is 1. The van der Waals surface area contributed by atoms with Gasteiger partial charge in [0.1, 0.15) is 12.4 Å². The van der Waals surface area contributed by atoms with Gasteiger partial charge in [-0.25, -0.2) is 4.79 Å². The van der Waals surface area contributed by atoms with Gasteiger partial charge in [0, 0.05) is 6.54 Å². The largest absolute Gasteiger partial charge is 0.457 e. The number of carbonyl (C=O) groups excluding carboxylic acids is 2. The maximum atomic E-state index is 12.4. The Kier molecular flexibility index (Phi) is 9.34. The van der Waals surface area contributed by atoms with Crippen LogP contribution in [0.1, 0.15) is 41.6 Å². The Morgan fingerprint density at radius 1 is 1.00 bits per heavy atom. The fourth-order valence-electron chi connectivity index (χ4n) is 3.52. The van der Waals surface area contributed by atoms with E-state index in [-0.39, 0.29) is 36.9 Å². The van der Waals surface area contributed by atoms with E-state index in [1.165, 1.54) is 0 Å². The SMILES string of the molecule is Cl.N=C(N)NCC1CCC(C(=O)Oc2ccc(C(=O)OCc3ccccc3)cc2)CC1. The summed E-state index contributed by atoms with van der Waals surface area (Å²) in [6.45, 7) is 0.875. The maximum absolute atomic E-state index is 12.4. The van der Waals surface area contributed by atoms with E-state index in [2.05, 4.69) is 5.32 Å². The summed E-state index contributed by atoms with van der Waals surface area (Å²) in [5, 5.41) is 10.1. The monoisotopic (exact) mass is 445 g/mol. The van der Waals surface area contributed by atoms with Gasteiger partial charge in [-0.15, -0.1) is 12.4 Å². The van der Waals surface area contributed by atoms with E-state index < -0.39 is 5.97 Å². The third-order valence-corrected chi connectivity index (χ3v) is 5.28. The maximum Gasteiger partial charge on any atom is 0.338 e. The fourth-order valence-corrected chi connectivity index (χ4v) is 3.52. The highest BCUT2D eigenvalue weighted by molar-refractivity contribution is 5.89. The summed E-state index contributed by atoms with van der Waals surface area (Å²) >= 11 is 0. The van der Waals surface area contributed by atoms with Gasteiger partial charge in [-0.3, -0.25) is 10.2 Å². The summed E-state index contributed by atoms with van der Waals surface area (Å²) in [4.78, 5) is 24.6. The van der Waals surface area contributed by atoms with Crippen LogP contribution in [-0.2, 0) is 16.1 Å². The lowest BCUT2D eigenvalue weighted by Gasteiger charge is -2.27. The van der Waals surface area contributed by atoms with E-state index in [0.717, 1.165) is 31.2 Å². The Balaban J connectivity index is 0.00000341. The number of nitrogens with one attached hydrogen (secondary N) is 2. The Morgan fingerprint density at radius 3 is 2.26 bits per heavy atom. The number of hydrogen-bond acceptors (Lipinski definition) is 5. The van der Waals surface area contributed by atoms with Gasteiger partial charge < -0.3 is 20.5 Å². The Labute approximate surface area is 188 Å². The molecule has 31 heavy (non-hydrogen) atoms. The molecule has 1 aliphatic carbocycles. The molecule has 0 spiro atoms. The quantitative estimate of drug-likeness (QED) is 0.259. The second-order valence-electron chi connectivity index (χ2n) is 7.52. The van der Waals surface area contributed by atoms with Crippen LogP contribution in [0.2, 0.25) is 0 Å². The molecule has 0 aromatic heterocycles. The molecule has 0 heterocycles. The predicted molar refractivity (Wildman–Crippen MR) is 120 cm³/mol. The molecule has 0 unspecified atom stereocenters. The van der Waals surface area contributed by atoms with Crippen LogP contribution < -0.4 is 15.8 Å². The van der Waals surface area contributed by atoms with E-state index >= 15 is 0 Å². The molecular formula is C23H28ClN3O4. The number of carbonyl (C=O) groups is 2. The van der Waals surface area contributed by atoms with Crippen molar-refractivity contribution >= 4 is 30.3 Å². The number of halogens is 1. The molecule has 0 amide bonds. The summed E-state index contributed by atoms with van der Waals surface area (Å²) < 4.78 is 10.8. The van der Waals surface area contributed by atoms with Crippen molar-refractivity contribution in [3.8, 4) is 5.75 Å². The highest BCUT2D eigenvalue weighted by atomic mass is 35.5. The molecule has 0 atom stereocenters. The first-order valence-electron chi connectivity index (χ1n) is 10.1. The molecule has 0 radical (unpaired) electrons. The van der Waals surface area contributed by atoms with E-state index in [0.29, 0.717) is 23.8 Å². The Hall–Kier alpha value is -3.06. The van der Waals surface area contributed by atoms with Crippen LogP contribution in [0, 0.1) is 17.2 Å². The van der Waals surface area contributed by atoms with Gasteiger partial charge >= 0.3 is 11.9 Å². The zero-order valence-corrected chi connectivity index (χ0v) is 18.0. The van der Waals surface area contributed by atoms with Crippen LogP contribution >= 0.6 is 12.4 Å². The van der Waals surface area contributed by atoms with Gasteiger partial charge in [0.05, 0.1) is 11.5 Å². The number of benzene rings is 2. The van der Waals surface area contributed by atoms with Gasteiger partial charge in [-0.2, -0.15) is 0 Å². The van der Waals surface area contributed by atoms with Crippen LogP contribution in [0.15, 0.2) is 54.6 Å². The summed E-state index contributed by atoms with van der Waals surface area (Å²) in [7, 11) is 0. The minimum absolute atomic E-state index is 0. The van der Waals surface area contributed by atoms with E-state index in [9.17, 15) is 9.59 Å². The third kappa shape index (κ3) is 7.61. The predicted octanol–water partition coefficient (Wildman–Crippen LogP) is 3.66. The Morgan fingerprint density at radius 2 is 1.65 bits per heavy atom. The molecule has 2 aromatic rings. The summed E-state index contributed by atoms with van der Waals surface area (Å²) in [5.74, 6) is 0.0127. The van der Waals surface area contributed by atoms with Crippen LogP contribution in [-0.4, -0.2) is 24.4 Å². The van der Waals surface area contributed by atoms with Gasteiger partial charge in [0.25, 0.3) is 0 Å². The lowest BCUT2D eigenvalue weighted by Crippen LogP contribution is -2.36. The van der Waals surface area contributed by atoms with E-state index in [4.69, 9.17) is 20.6 Å². The van der Waals surface area contributed by atoms with Crippen LogP contribution in [0.25, 0.3) is 0 Å². The smallest absolute Gasteiger partial charge is 0.338 e. The first-order chi connectivity index (χ1) is 14.5. The van der Waals surface area contributed by atoms with E-state index in [1.54, 1.807) is 24.3 Å². The molecule has 4 N–H and O–H groups in total. The fraction of sp³-hybridized carbons (Fsp3) is 0.348. The molecule has 0 bridgehead atoms. The molecule has 8 heteroatoms. The van der Waals surface area contributed by atoms with Crippen molar-refractivity contribution in [1.82, 2.24) is 5.32 Å². The third-order valence-electron chi connectivity index (χ3n) is 5.28. The molecule has 0 aliphatic heterocycles. The van der Waals surface area contributed by atoms with Gasteiger partial charge in [-0.05, 0) is 61.4 Å². The van der Waals surface area contributed by atoms with Gasteiger partial charge in [0.15, 0.2) is 5.96 Å². The Bertz CT molecular complexity index is 866. The van der Waals surface area contributed by atoms with Crippen molar-refractivity contribution in [3.63, 3.8) is 0 Å². The topological polar surface area (TPSA) is 115 Å². The zero-order chi connectivity index (χ0) is 21.3. The lowest BCUT2D eigenvalue weighted by atomic mass is 9.82. The molecule has 166 valence electrons. The highest BCUT2D eigenvalue weighted by Crippen LogP contribution is 2.29. The van der Waals surface area contributed by atoms with Crippen LogP contribution in [0.4, 0.5) is 0 Å². The highest BCUT2D eigenvalue weighted by Gasteiger charge is 2.27. The normalized spacial score (nSPS) is 17.7. The molecular weight excluding hydrogens is 418 g/mol. The van der Waals surface area contributed by atoms with Gasteiger partial charge in [-0.1, -0.05) is 30.3 Å². The minimum Gasteiger partial charge on any atom is -0.457 e. The molecule has 2 aromatic carbocycles. The number of nitrogens with two attached hydrogens (primary N) is 1. The number of rotatable bonds is 7. The standard InChI is InChI=1S/C23H27N3O4.ClH/c24-23(25)26-14-16-6-8-19(9-7-16)22(28)30-20-12-10-18(11-13-20)21(27)29-15-17-4-2-1-3-5-17;/h1-5,10-13,16,19H,6-9,14-15H2,(H4,24,25,26);1H. The van der Waals surface area contributed by atoms with Crippen LogP contribution in [0.3, 0.4) is 0 Å². The summed E-state index contributed by atoms with van der Waals surface area (Å²) in [6, 6.07) is 15.9. The number of esters is 2. The lowest BCUT2D eigenvalue weighted by molar-refractivity contribution is -0.140. The van der Waals surface area contributed by atoms with Crippen molar-refractivity contribution < 1.29 is 19.1 Å². The molecule has 1 aliphatic rings. The number of ether oxygens (including phenoxy) is 2. The molecule has 1 fully saturated rings. The summed E-state index contributed by atoms with van der Waals surface area (Å²) in [5.41, 5.74) is 6.64.